The van der Waals surface area contributed by atoms with E-state index in [1.807, 2.05) is 0 Å². The van der Waals surface area contributed by atoms with E-state index in [-0.39, 0.29) is 11.5 Å². The van der Waals surface area contributed by atoms with Crippen molar-refractivity contribution < 1.29 is 14.3 Å². The molecule has 0 saturated carbocycles. The Labute approximate surface area is 165 Å². The van der Waals surface area contributed by atoms with Crippen molar-refractivity contribution in [1.29, 1.82) is 0 Å². The zero-order valence-electron chi connectivity index (χ0n) is 15.5. The summed E-state index contributed by atoms with van der Waals surface area (Å²) in [4.78, 5) is 41.9. The summed E-state index contributed by atoms with van der Waals surface area (Å²) in [6.45, 7) is 2.79. The Kier molecular flexibility index (Phi) is 5.86. The highest BCUT2D eigenvalue weighted by Gasteiger charge is 2.19. The van der Waals surface area contributed by atoms with Crippen molar-refractivity contribution in [3.8, 4) is 0 Å². The van der Waals surface area contributed by atoms with Crippen molar-refractivity contribution >= 4 is 39.1 Å². The molecule has 0 saturated heterocycles. The number of anilines is 1. The predicted octanol–water partition coefficient (Wildman–Crippen LogP) is 2.15. The van der Waals surface area contributed by atoms with Gasteiger partial charge in [0, 0.05) is 31.5 Å². The van der Waals surface area contributed by atoms with Crippen LogP contribution in [0.25, 0.3) is 10.2 Å². The molecule has 2 heterocycles. The van der Waals surface area contributed by atoms with E-state index in [0.29, 0.717) is 51.5 Å². The summed E-state index contributed by atoms with van der Waals surface area (Å²) in [6.07, 6.45) is 2.20. The third kappa shape index (κ3) is 3.95. The van der Waals surface area contributed by atoms with Gasteiger partial charge in [-0.25, -0.2) is 4.98 Å². The largest absolute Gasteiger partial charge is 0.385 e. The summed E-state index contributed by atoms with van der Waals surface area (Å²) in [7, 11) is 1.61. The molecule has 0 radical (unpaired) electrons. The zero-order chi connectivity index (χ0) is 20.3. The number of aromatic nitrogens is 2. The van der Waals surface area contributed by atoms with E-state index in [0.717, 1.165) is 0 Å². The van der Waals surface area contributed by atoms with E-state index in [1.54, 1.807) is 26.2 Å². The van der Waals surface area contributed by atoms with E-state index in [4.69, 9.17) is 10.5 Å². The van der Waals surface area contributed by atoms with Gasteiger partial charge in [-0.15, -0.1) is 11.3 Å². The Balaban J connectivity index is 1.87. The van der Waals surface area contributed by atoms with Gasteiger partial charge in [-0.05, 0) is 43.2 Å². The minimum atomic E-state index is -0.536. The van der Waals surface area contributed by atoms with Crippen LogP contribution in [0.1, 0.15) is 32.0 Å². The Morgan fingerprint density at radius 3 is 2.64 bits per heavy atom. The molecule has 3 aromatic rings. The molecule has 0 aliphatic rings. The normalized spacial score (nSPS) is 10.9. The minimum Gasteiger partial charge on any atom is -0.385 e. The lowest BCUT2D eigenvalue weighted by molar-refractivity contribution is 0.0998. The fourth-order valence-electron chi connectivity index (χ4n) is 2.82. The first-order valence-electron chi connectivity index (χ1n) is 8.61. The molecular formula is C19H20N4O4S. The van der Waals surface area contributed by atoms with Crippen LogP contribution in [-0.2, 0) is 11.3 Å². The van der Waals surface area contributed by atoms with E-state index in [9.17, 15) is 14.4 Å². The molecule has 2 aromatic heterocycles. The van der Waals surface area contributed by atoms with Gasteiger partial charge in [-0.2, -0.15) is 0 Å². The number of nitrogens with zero attached hydrogens (tertiary/aromatic N) is 2. The maximum Gasteiger partial charge on any atom is 0.266 e. The fraction of sp³-hybridized carbons (Fsp3) is 0.263. The number of benzene rings is 1. The number of fused-ring (bicyclic) bond motifs is 1. The molecule has 1 aromatic carbocycles. The highest BCUT2D eigenvalue weighted by atomic mass is 32.1. The average molecular weight is 400 g/mol. The van der Waals surface area contributed by atoms with Gasteiger partial charge >= 0.3 is 0 Å². The standard InChI is InChI=1S/C19H20N4O4S/c1-11-14-18(21-10-23(19(14)26)8-3-9-27-2)28-15(11)17(25)22-13-6-4-12(5-7-13)16(20)24/h4-7,10H,3,8-9H2,1-2H3,(H2,20,24)(H,22,25). The lowest BCUT2D eigenvalue weighted by Gasteiger charge is -2.05. The van der Waals surface area contributed by atoms with Crippen LogP contribution < -0.4 is 16.6 Å². The first-order valence-corrected chi connectivity index (χ1v) is 9.42. The summed E-state index contributed by atoms with van der Waals surface area (Å²) in [5.74, 6) is -0.872. The van der Waals surface area contributed by atoms with Crippen LogP contribution in [0.4, 0.5) is 5.69 Å². The third-order valence-electron chi connectivity index (χ3n) is 4.30. The number of carbonyl (C=O) groups excluding carboxylic acids is 2. The second-order valence-electron chi connectivity index (χ2n) is 6.22. The molecule has 9 heteroatoms. The van der Waals surface area contributed by atoms with Gasteiger partial charge in [0.25, 0.3) is 11.5 Å². The number of ether oxygens (including phenoxy) is 1. The van der Waals surface area contributed by atoms with Crippen molar-refractivity contribution in [2.75, 3.05) is 19.0 Å². The molecule has 28 heavy (non-hydrogen) atoms. The highest BCUT2D eigenvalue weighted by molar-refractivity contribution is 7.20. The minimum absolute atomic E-state index is 0.167. The van der Waals surface area contributed by atoms with Gasteiger partial charge < -0.3 is 15.8 Å². The maximum absolute atomic E-state index is 12.8. The van der Waals surface area contributed by atoms with Gasteiger partial charge in [-0.3, -0.25) is 19.0 Å². The summed E-state index contributed by atoms with van der Waals surface area (Å²) in [5.41, 5.74) is 6.53. The molecule has 3 N–H and O–H groups in total. The summed E-state index contributed by atoms with van der Waals surface area (Å²) in [5, 5.41) is 3.23. The van der Waals surface area contributed by atoms with Crippen LogP contribution in [0, 0.1) is 6.92 Å². The number of aryl methyl sites for hydroxylation is 2. The molecule has 0 spiro atoms. The summed E-state index contributed by atoms with van der Waals surface area (Å²) < 4.78 is 6.55. The molecular weight excluding hydrogens is 380 g/mol. The van der Waals surface area contributed by atoms with Crippen LogP contribution in [0.15, 0.2) is 35.4 Å². The Morgan fingerprint density at radius 1 is 1.29 bits per heavy atom. The fourth-order valence-corrected chi connectivity index (χ4v) is 3.85. The van der Waals surface area contributed by atoms with Crippen LogP contribution in [0.5, 0.6) is 0 Å². The van der Waals surface area contributed by atoms with Crippen LogP contribution >= 0.6 is 11.3 Å². The van der Waals surface area contributed by atoms with Crippen LogP contribution in [-0.4, -0.2) is 35.1 Å². The smallest absolute Gasteiger partial charge is 0.266 e. The van der Waals surface area contributed by atoms with Crippen LogP contribution in [0.2, 0.25) is 0 Å². The average Bonchev–Trinajstić information content (AvgIpc) is 3.01. The van der Waals surface area contributed by atoms with Crippen molar-refractivity contribution in [1.82, 2.24) is 9.55 Å². The number of amides is 2. The zero-order valence-corrected chi connectivity index (χ0v) is 16.3. The van der Waals surface area contributed by atoms with Crippen LogP contribution in [0.3, 0.4) is 0 Å². The van der Waals surface area contributed by atoms with Gasteiger partial charge in [0.05, 0.1) is 16.6 Å². The number of nitrogens with two attached hydrogens (primary N) is 1. The third-order valence-corrected chi connectivity index (χ3v) is 5.50. The van der Waals surface area contributed by atoms with Gasteiger partial charge in [0.1, 0.15) is 4.83 Å². The molecule has 0 unspecified atom stereocenters. The molecule has 0 atom stereocenters. The number of methoxy groups -OCH3 is 1. The summed E-state index contributed by atoms with van der Waals surface area (Å²) in [6, 6.07) is 6.27. The first-order chi connectivity index (χ1) is 13.4. The molecule has 3 rings (SSSR count). The number of primary amides is 1. The Bertz CT molecular complexity index is 1090. The lowest BCUT2D eigenvalue weighted by atomic mass is 10.2. The number of hydrogen-bond donors (Lipinski definition) is 2. The van der Waals surface area contributed by atoms with E-state index in [1.165, 1.54) is 34.4 Å². The topological polar surface area (TPSA) is 116 Å². The second-order valence-corrected chi connectivity index (χ2v) is 7.22. The Hall–Kier alpha value is -3.04. The number of carbonyl (C=O) groups is 2. The maximum atomic E-state index is 12.8. The van der Waals surface area contributed by atoms with Gasteiger partial charge in [0.15, 0.2) is 0 Å². The second kappa shape index (κ2) is 8.32. The number of hydrogen-bond acceptors (Lipinski definition) is 6. The van der Waals surface area contributed by atoms with Crippen molar-refractivity contribution in [2.45, 2.75) is 19.9 Å². The van der Waals surface area contributed by atoms with E-state index >= 15 is 0 Å². The number of thiophene rings is 1. The first kappa shape index (κ1) is 19.7. The van der Waals surface area contributed by atoms with Gasteiger partial charge in [-0.1, -0.05) is 0 Å². The number of nitrogens with one attached hydrogen (secondary N) is 1. The van der Waals surface area contributed by atoms with Crippen molar-refractivity contribution in [2.24, 2.45) is 5.73 Å². The lowest BCUT2D eigenvalue weighted by Crippen LogP contribution is -2.21. The van der Waals surface area contributed by atoms with E-state index < -0.39 is 5.91 Å². The molecule has 146 valence electrons. The quantitative estimate of drug-likeness (QED) is 0.590. The molecule has 0 aliphatic heterocycles. The highest BCUT2D eigenvalue weighted by Crippen LogP contribution is 2.27. The number of rotatable bonds is 7. The Morgan fingerprint density at radius 2 is 2.00 bits per heavy atom. The van der Waals surface area contributed by atoms with E-state index in [2.05, 4.69) is 10.3 Å². The predicted molar refractivity (Wildman–Crippen MR) is 108 cm³/mol. The monoisotopic (exact) mass is 400 g/mol. The SMILES string of the molecule is COCCCn1cnc2sc(C(=O)Nc3ccc(C(N)=O)cc3)c(C)c2c1=O. The summed E-state index contributed by atoms with van der Waals surface area (Å²) >= 11 is 1.18. The molecule has 2 amide bonds. The molecule has 8 nitrogen and oxygen atoms in total. The molecule has 0 bridgehead atoms. The van der Waals surface area contributed by atoms with Crippen molar-refractivity contribution in [3.63, 3.8) is 0 Å². The molecule has 0 fully saturated rings. The van der Waals surface area contributed by atoms with Gasteiger partial charge in [0.2, 0.25) is 5.91 Å². The van der Waals surface area contributed by atoms with Crippen molar-refractivity contribution in [3.05, 3.63) is 57.0 Å². The molecule has 0 aliphatic carbocycles.